The third-order valence-corrected chi connectivity index (χ3v) is 3.42. The average Bonchev–Trinajstić information content (AvgIpc) is 2.64. The Morgan fingerprint density at radius 2 is 1.90 bits per heavy atom. The van der Waals surface area contributed by atoms with Crippen LogP contribution in [0.15, 0.2) is 18.2 Å². The number of hydrogen-bond acceptors (Lipinski definition) is 4. The van der Waals surface area contributed by atoms with Crippen molar-refractivity contribution in [3.63, 3.8) is 0 Å². The molecule has 5 nitrogen and oxygen atoms in total. The second-order valence-electron chi connectivity index (χ2n) is 6.14. The first-order valence-corrected chi connectivity index (χ1v) is 6.89. The number of nitrogen functional groups attached to an aromatic ring is 1. The fourth-order valence-corrected chi connectivity index (χ4v) is 2.19. The first-order chi connectivity index (χ1) is 9.74. The maximum Gasteiger partial charge on any atom is 0.241 e. The predicted octanol–water partition coefficient (Wildman–Crippen LogP) is 3.41. The van der Waals surface area contributed by atoms with Crippen LogP contribution >= 0.6 is 0 Å². The summed E-state index contributed by atoms with van der Waals surface area (Å²) in [4.78, 5) is 0. The van der Waals surface area contributed by atoms with E-state index in [1.807, 2.05) is 32.2 Å². The molecule has 0 aliphatic rings. The second kappa shape index (κ2) is 5.31. The fraction of sp³-hybridized carbons (Fsp3) is 0.438. The summed E-state index contributed by atoms with van der Waals surface area (Å²) in [6, 6.07) is 5.78. The molecule has 0 radical (unpaired) electrons. The quantitative estimate of drug-likeness (QED) is 0.940. The summed E-state index contributed by atoms with van der Waals surface area (Å²) < 4.78 is 13.0. The lowest BCUT2D eigenvalue weighted by atomic mass is 9.86. The number of methoxy groups -OCH3 is 1. The molecule has 0 amide bonds. The third kappa shape index (κ3) is 2.96. The van der Waals surface area contributed by atoms with Crippen molar-refractivity contribution in [3.05, 3.63) is 29.5 Å². The molecule has 0 aliphatic heterocycles. The largest absolute Gasteiger partial charge is 0.497 e. The lowest BCUT2D eigenvalue weighted by Gasteiger charge is -2.23. The number of rotatable bonds is 3. The normalized spacial score (nSPS) is 11.5. The van der Waals surface area contributed by atoms with Gasteiger partial charge in [0.25, 0.3) is 0 Å². The number of hydrogen-bond donors (Lipinski definition) is 1. The van der Waals surface area contributed by atoms with Crippen molar-refractivity contribution in [1.82, 2.24) is 9.78 Å². The van der Waals surface area contributed by atoms with Gasteiger partial charge in [0, 0.05) is 12.6 Å². The maximum absolute atomic E-state index is 6.04. The predicted molar refractivity (Wildman–Crippen MR) is 84.1 cm³/mol. The molecule has 0 atom stereocenters. The highest BCUT2D eigenvalue weighted by atomic mass is 16.5. The molecule has 0 unspecified atom stereocenters. The van der Waals surface area contributed by atoms with Crippen LogP contribution in [-0.2, 0) is 12.5 Å². The first-order valence-electron chi connectivity index (χ1n) is 6.89. The summed E-state index contributed by atoms with van der Waals surface area (Å²) in [7, 11) is 3.48. The average molecular weight is 289 g/mol. The summed E-state index contributed by atoms with van der Waals surface area (Å²) in [5.74, 6) is 2.13. The standard InChI is InChI=1S/C16H23N3O2/c1-10-14(17)15(19(5)18-10)21-13-8-7-11(20-6)9-12(13)16(2,3)4/h7-9H,17H2,1-6H3. The van der Waals surface area contributed by atoms with E-state index < -0.39 is 0 Å². The SMILES string of the molecule is COc1ccc(Oc2c(N)c(C)nn2C)c(C(C)(C)C)c1. The van der Waals surface area contributed by atoms with Gasteiger partial charge in [-0.25, -0.2) is 4.68 Å². The molecule has 0 spiro atoms. The van der Waals surface area contributed by atoms with Crippen molar-refractivity contribution in [1.29, 1.82) is 0 Å². The Hall–Kier alpha value is -2.17. The molecule has 0 saturated heterocycles. The van der Waals surface area contributed by atoms with Gasteiger partial charge in [-0.1, -0.05) is 20.8 Å². The van der Waals surface area contributed by atoms with Gasteiger partial charge in [-0.15, -0.1) is 0 Å². The summed E-state index contributed by atoms with van der Waals surface area (Å²) in [6.07, 6.45) is 0. The molecule has 21 heavy (non-hydrogen) atoms. The van der Waals surface area contributed by atoms with Crippen LogP contribution in [0, 0.1) is 6.92 Å². The van der Waals surface area contributed by atoms with Gasteiger partial charge in [0.15, 0.2) is 0 Å². The number of nitrogens with two attached hydrogens (primary N) is 1. The van der Waals surface area contributed by atoms with E-state index >= 15 is 0 Å². The molecular weight excluding hydrogens is 266 g/mol. The van der Waals surface area contributed by atoms with Gasteiger partial charge in [-0.2, -0.15) is 5.10 Å². The van der Waals surface area contributed by atoms with E-state index in [9.17, 15) is 0 Å². The van der Waals surface area contributed by atoms with E-state index in [-0.39, 0.29) is 5.41 Å². The van der Waals surface area contributed by atoms with Crippen LogP contribution in [0.5, 0.6) is 17.4 Å². The second-order valence-corrected chi connectivity index (χ2v) is 6.14. The van der Waals surface area contributed by atoms with Crippen molar-refractivity contribution < 1.29 is 9.47 Å². The van der Waals surface area contributed by atoms with E-state index in [2.05, 4.69) is 25.9 Å². The van der Waals surface area contributed by atoms with E-state index in [0.717, 1.165) is 22.8 Å². The lowest BCUT2D eigenvalue weighted by Crippen LogP contribution is -2.13. The number of benzene rings is 1. The van der Waals surface area contributed by atoms with Gasteiger partial charge < -0.3 is 15.2 Å². The minimum absolute atomic E-state index is 0.0771. The van der Waals surface area contributed by atoms with Gasteiger partial charge in [0.05, 0.1) is 12.8 Å². The van der Waals surface area contributed by atoms with E-state index in [4.69, 9.17) is 15.2 Å². The fourth-order valence-electron chi connectivity index (χ4n) is 2.19. The zero-order valence-electron chi connectivity index (χ0n) is 13.5. The Balaban J connectivity index is 2.49. The summed E-state index contributed by atoms with van der Waals surface area (Å²) >= 11 is 0. The Bertz CT molecular complexity index is 654. The lowest BCUT2D eigenvalue weighted by molar-refractivity contribution is 0.399. The van der Waals surface area contributed by atoms with Gasteiger partial charge in [0.2, 0.25) is 5.88 Å². The summed E-state index contributed by atoms with van der Waals surface area (Å²) in [6.45, 7) is 8.26. The molecule has 114 valence electrons. The topological polar surface area (TPSA) is 62.3 Å². The molecule has 0 fully saturated rings. The van der Waals surface area contributed by atoms with Crippen LogP contribution in [0.25, 0.3) is 0 Å². The van der Waals surface area contributed by atoms with Crippen molar-refractivity contribution >= 4 is 5.69 Å². The molecule has 1 aromatic carbocycles. The number of aryl methyl sites for hydroxylation is 2. The monoisotopic (exact) mass is 289 g/mol. The highest BCUT2D eigenvalue weighted by Gasteiger charge is 2.22. The Morgan fingerprint density at radius 3 is 2.38 bits per heavy atom. The number of anilines is 1. The van der Waals surface area contributed by atoms with Crippen LogP contribution in [0.4, 0.5) is 5.69 Å². The smallest absolute Gasteiger partial charge is 0.241 e. The van der Waals surface area contributed by atoms with Gasteiger partial charge in [-0.3, -0.25) is 0 Å². The molecule has 2 aromatic rings. The summed E-state index contributed by atoms with van der Waals surface area (Å²) in [5.41, 5.74) is 8.34. The van der Waals surface area contributed by atoms with Crippen molar-refractivity contribution in [2.24, 2.45) is 7.05 Å². The van der Waals surface area contributed by atoms with Crippen LogP contribution < -0.4 is 15.2 Å². The minimum Gasteiger partial charge on any atom is -0.497 e. The summed E-state index contributed by atoms with van der Waals surface area (Å²) in [5, 5.41) is 4.27. The van der Waals surface area contributed by atoms with E-state index in [1.54, 1.807) is 11.8 Å². The number of aromatic nitrogens is 2. The zero-order chi connectivity index (χ0) is 15.8. The molecule has 2 N–H and O–H groups in total. The molecule has 0 saturated carbocycles. The van der Waals surface area contributed by atoms with Crippen LogP contribution in [0.3, 0.4) is 0 Å². The molecular formula is C16H23N3O2. The van der Waals surface area contributed by atoms with E-state index in [1.165, 1.54) is 0 Å². The van der Waals surface area contributed by atoms with Gasteiger partial charge >= 0.3 is 0 Å². The van der Waals surface area contributed by atoms with Gasteiger partial charge in [-0.05, 0) is 30.5 Å². The molecule has 5 heteroatoms. The molecule has 2 rings (SSSR count). The molecule has 0 aliphatic carbocycles. The van der Waals surface area contributed by atoms with Crippen molar-refractivity contribution in [2.75, 3.05) is 12.8 Å². The zero-order valence-corrected chi connectivity index (χ0v) is 13.5. The highest BCUT2D eigenvalue weighted by Crippen LogP contribution is 2.38. The van der Waals surface area contributed by atoms with Gasteiger partial charge in [0.1, 0.15) is 17.2 Å². The Morgan fingerprint density at radius 1 is 1.24 bits per heavy atom. The van der Waals surface area contributed by atoms with Crippen molar-refractivity contribution in [2.45, 2.75) is 33.1 Å². The molecule has 1 aromatic heterocycles. The maximum atomic E-state index is 6.04. The highest BCUT2D eigenvalue weighted by molar-refractivity contribution is 5.55. The first kappa shape index (κ1) is 15.2. The molecule has 0 bridgehead atoms. The van der Waals surface area contributed by atoms with Crippen molar-refractivity contribution in [3.8, 4) is 17.4 Å². The number of ether oxygens (including phenoxy) is 2. The van der Waals surface area contributed by atoms with Crippen LogP contribution in [-0.4, -0.2) is 16.9 Å². The number of nitrogens with zero attached hydrogens (tertiary/aromatic N) is 2. The Kier molecular flexibility index (Phi) is 3.85. The Labute approximate surface area is 125 Å². The van der Waals surface area contributed by atoms with E-state index in [0.29, 0.717) is 11.6 Å². The van der Waals surface area contributed by atoms with Crippen LogP contribution in [0.2, 0.25) is 0 Å². The minimum atomic E-state index is -0.0771. The molecule has 1 heterocycles. The third-order valence-electron chi connectivity index (χ3n) is 3.42. The van der Waals surface area contributed by atoms with Crippen LogP contribution in [0.1, 0.15) is 32.0 Å².